The Bertz CT molecular complexity index is 2790. The van der Waals surface area contributed by atoms with E-state index in [0.717, 1.165) is 57.9 Å². The van der Waals surface area contributed by atoms with Gasteiger partial charge in [-0.25, -0.2) is 9.97 Å². The topological polar surface area (TPSA) is 35.0 Å². The zero-order valence-corrected chi connectivity index (χ0v) is 28.4. The standard InChI is InChI=1S/C49H32N2O/c1-2-14-35-32(12-1)13-11-18-38(35)47-39-17-5-9-22-44(39)50-48(51-47)33-26-24-31(25-27-33)34-28-29-43-46(30-34)52-45-23-10-8-21-42(45)49(43)40-19-6-3-15-36(40)37-16-4-7-20-41(37)49/h1-24,26,28-30H,25,27H2. The predicted octanol–water partition coefficient (Wildman–Crippen LogP) is 12.2. The molecule has 7 aromatic carbocycles. The quantitative estimate of drug-likeness (QED) is 0.189. The third kappa shape index (κ3) is 4.14. The third-order valence-corrected chi connectivity index (χ3v) is 11.3. The molecule has 2 aliphatic carbocycles. The first kappa shape index (κ1) is 29.2. The van der Waals surface area contributed by atoms with Crippen molar-refractivity contribution < 1.29 is 4.74 Å². The molecule has 2 heterocycles. The van der Waals surface area contributed by atoms with E-state index in [9.17, 15) is 0 Å². The number of nitrogens with zero attached hydrogens (tertiary/aromatic N) is 2. The van der Waals surface area contributed by atoms with Crippen LogP contribution in [0.2, 0.25) is 0 Å². The van der Waals surface area contributed by atoms with E-state index >= 15 is 0 Å². The van der Waals surface area contributed by atoms with Crippen LogP contribution < -0.4 is 4.74 Å². The van der Waals surface area contributed by atoms with Crippen LogP contribution in [0.15, 0.2) is 170 Å². The lowest BCUT2D eigenvalue weighted by Crippen LogP contribution is -2.32. The highest BCUT2D eigenvalue weighted by molar-refractivity contribution is 6.03. The molecular formula is C49H32N2O. The minimum atomic E-state index is -0.445. The van der Waals surface area contributed by atoms with Crippen LogP contribution in [-0.4, -0.2) is 9.97 Å². The Morgan fingerprint density at radius 3 is 1.88 bits per heavy atom. The molecule has 0 bridgehead atoms. The van der Waals surface area contributed by atoms with E-state index in [4.69, 9.17) is 14.7 Å². The molecule has 3 aliphatic rings. The van der Waals surface area contributed by atoms with Crippen molar-refractivity contribution in [3.8, 4) is 33.9 Å². The molecule has 3 nitrogen and oxygen atoms in total. The van der Waals surface area contributed by atoms with Gasteiger partial charge in [-0.15, -0.1) is 0 Å². The van der Waals surface area contributed by atoms with Crippen LogP contribution >= 0.6 is 0 Å². The molecule has 1 spiro atoms. The number of rotatable bonds is 3. The molecule has 244 valence electrons. The van der Waals surface area contributed by atoms with Gasteiger partial charge in [-0.2, -0.15) is 0 Å². The number of ether oxygens (including phenoxy) is 1. The lowest BCUT2D eigenvalue weighted by molar-refractivity contribution is 0.436. The predicted molar refractivity (Wildman–Crippen MR) is 211 cm³/mol. The zero-order chi connectivity index (χ0) is 34.2. The van der Waals surface area contributed by atoms with E-state index in [2.05, 4.69) is 170 Å². The number of fused-ring (bicyclic) bond motifs is 11. The molecule has 0 saturated heterocycles. The Labute approximate surface area is 302 Å². The fraction of sp³-hybridized carbons (Fsp3) is 0.0612. The maximum atomic E-state index is 6.78. The normalized spacial score (nSPS) is 14.9. The molecular weight excluding hydrogens is 633 g/mol. The Hall–Kier alpha value is -6.58. The van der Waals surface area contributed by atoms with Crippen LogP contribution in [0.5, 0.6) is 11.5 Å². The van der Waals surface area contributed by atoms with E-state index in [0.29, 0.717) is 0 Å². The third-order valence-electron chi connectivity index (χ3n) is 11.3. The summed E-state index contributed by atoms with van der Waals surface area (Å²) >= 11 is 0. The highest BCUT2D eigenvalue weighted by Crippen LogP contribution is 2.62. The van der Waals surface area contributed by atoms with E-state index < -0.39 is 5.41 Å². The molecule has 0 saturated carbocycles. The second-order valence-corrected chi connectivity index (χ2v) is 14.0. The number of benzene rings is 7. The summed E-state index contributed by atoms with van der Waals surface area (Å²) in [6.45, 7) is 0. The molecule has 0 atom stereocenters. The van der Waals surface area contributed by atoms with E-state index in [-0.39, 0.29) is 0 Å². The van der Waals surface area contributed by atoms with E-state index in [1.54, 1.807) is 0 Å². The Morgan fingerprint density at radius 1 is 0.462 bits per heavy atom. The highest BCUT2D eigenvalue weighted by Gasteiger charge is 2.50. The molecule has 1 aliphatic heterocycles. The van der Waals surface area contributed by atoms with Crippen LogP contribution in [0, 0.1) is 0 Å². The van der Waals surface area contributed by atoms with Gasteiger partial charge < -0.3 is 4.74 Å². The van der Waals surface area contributed by atoms with Crippen LogP contribution in [-0.2, 0) is 5.41 Å². The largest absolute Gasteiger partial charge is 0.457 e. The maximum Gasteiger partial charge on any atom is 0.156 e. The van der Waals surface area contributed by atoms with Crippen molar-refractivity contribution >= 4 is 32.8 Å². The summed E-state index contributed by atoms with van der Waals surface area (Å²) in [6.07, 6.45) is 6.21. The Kier molecular flexibility index (Phi) is 6.29. The van der Waals surface area contributed by atoms with Gasteiger partial charge in [0.25, 0.3) is 0 Å². The number of hydrogen-bond donors (Lipinski definition) is 0. The molecule has 8 aromatic rings. The first-order chi connectivity index (χ1) is 25.8. The minimum Gasteiger partial charge on any atom is -0.457 e. The summed E-state index contributed by atoms with van der Waals surface area (Å²) in [5.41, 5.74) is 13.8. The van der Waals surface area contributed by atoms with Crippen LogP contribution in [0.3, 0.4) is 0 Å². The average Bonchev–Trinajstić information content (AvgIpc) is 3.51. The fourth-order valence-corrected chi connectivity index (χ4v) is 8.98. The summed E-state index contributed by atoms with van der Waals surface area (Å²) in [5, 5.41) is 3.47. The fourth-order valence-electron chi connectivity index (χ4n) is 8.98. The number of hydrogen-bond acceptors (Lipinski definition) is 3. The zero-order valence-electron chi connectivity index (χ0n) is 28.4. The van der Waals surface area contributed by atoms with Gasteiger partial charge in [-0.1, -0.05) is 152 Å². The summed E-state index contributed by atoms with van der Waals surface area (Å²) in [4.78, 5) is 10.4. The van der Waals surface area contributed by atoms with Crippen LogP contribution in [0.4, 0.5) is 0 Å². The number of aromatic nitrogens is 2. The SMILES string of the molecule is C1=C(c2ccc3c(c2)Oc2ccccc2C32c3ccccc3-c3ccccc32)CCC(c2nc(-c3cccc4ccccc34)c3ccccc3n2)=C1. The van der Waals surface area contributed by atoms with Gasteiger partial charge in [0.15, 0.2) is 5.82 Å². The molecule has 1 aromatic heterocycles. The van der Waals surface area contributed by atoms with Gasteiger partial charge in [0.05, 0.1) is 16.6 Å². The second-order valence-electron chi connectivity index (χ2n) is 14.0. The van der Waals surface area contributed by atoms with Gasteiger partial charge >= 0.3 is 0 Å². The van der Waals surface area contributed by atoms with Crippen molar-refractivity contribution in [1.29, 1.82) is 0 Å². The second kappa shape index (κ2) is 11.2. The molecule has 0 amide bonds. The number of para-hydroxylation sites is 2. The summed E-state index contributed by atoms with van der Waals surface area (Å²) < 4.78 is 6.78. The van der Waals surface area contributed by atoms with Gasteiger partial charge in [0.1, 0.15) is 11.5 Å². The minimum absolute atomic E-state index is 0.445. The van der Waals surface area contributed by atoms with Crippen molar-refractivity contribution in [3.63, 3.8) is 0 Å². The van der Waals surface area contributed by atoms with Gasteiger partial charge in [0.2, 0.25) is 0 Å². The molecule has 0 N–H and O–H groups in total. The molecule has 0 fully saturated rings. The summed E-state index contributed by atoms with van der Waals surface area (Å²) in [6, 6.07) is 56.5. The summed E-state index contributed by atoms with van der Waals surface area (Å²) in [5.74, 6) is 2.62. The van der Waals surface area contributed by atoms with Crippen molar-refractivity contribution in [3.05, 3.63) is 204 Å². The monoisotopic (exact) mass is 664 g/mol. The Morgan fingerprint density at radius 2 is 1.08 bits per heavy atom. The lowest BCUT2D eigenvalue weighted by Gasteiger charge is -2.39. The van der Waals surface area contributed by atoms with E-state index in [1.165, 1.54) is 55.3 Å². The van der Waals surface area contributed by atoms with Gasteiger partial charge in [-0.05, 0) is 80.8 Å². The summed E-state index contributed by atoms with van der Waals surface area (Å²) in [7, 11) is 0. The highest BCUT2D eigenvalue weighted by atomic mass is 16.5. The Balaban J connectivity index is 1.02. The van der Waals surface area contributed by atoms with Gasteiger partial charge in [-0.3, -0.25) is 0 Å². The van der Waals surface area contributed by atoms with Crippen molar-refractivity contribution in [1.82, 2.24) is 9.97 Å². The van der Waals surface area contributed by atoms with Crippen LogP contribution in [0.25, 0.3) is 55.2 Å². The first-order valence-electron chi connectivity index (χ1n) is 18.0. The van der Waals surface area contributed by atoms with Crippen molar-refractivity contribution in [2.45, 2.75) is 18.3 Å². The van der Waals surface area contributed by atoms with Crippen molar-refractivity contribution in [2.75, 3.05) is 0 Å². The molecule has 52 heavy (non-hydrogen) atoms. The lowest BCUT2D eigenvalue weighted by atomic mass is 9.66. The van der Waals surface area contributed by atoms with Gasteiger partial charge in [0, 0.05) is 22.1 Å². The average molecular weight is 665 g/mol. The molecule has 3 heteroatoms. The molecule has 0 unspecified atom stereocenters. The molecule has 11 rings (SSSR count). The van der Waals surface area contributed by atoms with Crippen LogP contribution in [0.1, 0.15) is 46.5 Å². The van der Waals surface area contributed by atoms with Crippen molar-refractivity contribution in [2.24, 2.45) is 0 Å². The van der Waals surface area contributed by atoms with E-state index in [1.807, 2.05) is 0 Å². The first-order valence-corrected chi connectivity index (χ1v) is 18.0. The number of allylic oxidation sites excluding steroid dienone is 4. The molecule has 0 radical (unpaired) electrons. The maximum absolute atomic E-state index is 6.78. The smallest absolute Gasteiger partial charge is 0.156 e.